The molecule has 1 atom stereocenters. The maximum absolute atomic E-state index is 13.5. The molecule has 0 spiro atoms. The van der Waals surface area contributed by atoms with Gasteiger partial charge in [0.15, 0.2) is 0 Å². The molecular formula is C23H29Cl2N3O4S. The van der Waals surface area contributed by atoms with Gasteiger partial charge in [0.05, 0.1) is 11.9 Å². The Morgan fingerprint density at radius 2 is 1.70 bits per heavy atom. The number of amides is 2. The molecule has 10 heteroatoms. The topological polar surface area (TPSA) is 86.8 Å². The van der Waals surface area contributed by atoms with Crippen LogP contribution >= 0.6 is 23.2 Å². The molecule has 0 aromatic heterocycles. The van der Waals surface area contributed by atoms with Crippen LogP contribution in [0.5, 0.6) is 0 Å². The first-order valence-electron chi connectivity index (χ1n) is 10.5. The maximum atomic E-state index is 13.5. The van der Waals surface area contributed by atoms with Gasteiger partial charge in [-0.2, -0.15) is 0 Å². The van der Waals surface area contributed by atoms with Crippen molar-refractivity contribution in [2.24, 2.45) is 0 Å². The van der Waals surface area contributed by atoms with Crippen LogP contribution in [-0.4, -0.2) is 50.5 Å². The minimum absolute atomic E-state index is 0.0470. The summed E-state index contributed by atoms with van der Waals surface area (Å²) < 4.78 is 26.3. The Morgan fingerprint density at radius 3 is 2.30 bits per heavy atom. The smallest absolute Gasteiger partial charge is 0.244 e. The van der Waals surface area contributed by atoms with E-state index in [2.05, 4.69) is 5.32 Å². The fourth-order valence-electron chi connectivity index (χ4n) is 3.25. The van der Waals surface area contributed by atoms with Crippen LogP contribution in [0.3, 0.4) is 0 Å². The molecule has 1 N–H and O–H groups in total. The van der Waals surface area contributed by atoms with Gasteiger partial charge in [-0.25, -0.2) is 8.42 Å². The molecule has 2 aromatic rings. The first kappa shape index (κ1) is 27.0. The van der Waals surface area contributed by atoms with Crippen molar-refractivity contribution in [2.45, 2.75) is 39.8 Å². The first-order chi connectivity index (χ1) is 15.5. The predicted octanol–water partition coefficient (Wildman–Crippen LogP) is 4.01. The van der Waals surface area contributed by atoms with Crippen molar-refractivity contribution in [3.05, 3.63) is 63.6 Å². The monoisotopic (exact) mass is 513 g/mol. The highest BCUT2D eigenvalue weighted by atomic mass is 35.5. The summed E-state index contributed by atoms with van der Waals surface area (Å²) >= 11 is 12.5. The molecule has 2 rings (SSSR count). The molecule has 0 radical (unpaired) electrons. The van der Waals surface area contributed by atoms with Crippen molar-refractivity contribution in [3.8, 4) is 0 Å². The second-order valence-electron chi connectivity index (χ2n) is 7.73. The van der Waals surface area contributed by atoms with E-state index < -0.39 is 28.5 Å². The zero-order valence-corrected chi connectivity index (χ0v) is 21.5. The molecule has 0 aliphatic heterocycles. The quantitative estimate of drug-likeness (QED) is 0.519. The molecule has 0 aliphatic carbocycles. The Balaban J connectivity index is 2.43. The molecule has 0 saturated heterocycles. The van der Waals surface area contributed by atoms with E-state index in [1.807, 2.05) is 6.92 Å². The van der Waals surface area contributed by atoms with Crippen molar-refractivity contribution in [1.29, 1.82) is 0 Å². The van der Waals surface area contributed by atoms with E-state index in [-0.39, 0.29) is 12.5 Å². The van der Waals surface area contributed by atoms with Gasteiger partial charge in [0, 0.05) is 23.1 Å². The van der Waals surface area contributed by atoms with E-state index in [1.165, 1.54) is 4.90 Å². The number of anilines is 1. The number of nitrogens with one attached hydrogen (secondary N) is 1. The van der Waals surface area contributed by atoms with Crippen molar-refractivity contribution < 1.29 is 18.0 Å². The summed E-state index contributed by atoms with van der Waals surface area (Å²) in [5, 5.41) is 3.61. The van der Waals surface area contributed by atoms with E-state index in [9.17, 15) is 18.0 Å². The summed E-state index contributed by atoms with van der Waals surface area (Å²) in [5.41, 5.74) is 1.48. The van der Waals surface area contributed by atoms with E-state index in [0.29, 0.717) is 33.4 Å². The van der Waals surface area contributed by atoms with Gasteiger partial charge in [0.1, 0.15) is 12.6 Å². The molecule has 0 heterocycles. The van der Waals surface area contributed by atoms with E-state index in [4.69, 9.17) is 23.2 Å². The van der Waals surface area contributed by atoms with Gasteiger partial charge in [-0.05, 0) is 49.6 Å². The fraction of sp³-hybridized carbons (Fsp3) is 0.391. The number of benzene rings is 2. The molecule has 2 amide bonds. The van der Waals surface area contributed by atoms with Crippen LogP contribution in [0.1, 0.15) is 31.4 Å². The average Bonchev–Trinajstić information content (AvgIpc) is 2.76. The second-order valence-corrected chi connectivity index (χ2v) is 10.5. The lowest BCUT2D eigenvalue weighted by Crippen LogP contribution is -2.51. The Morgan fingerprint density at radius 1 is 1.06 bits per heavy atom. The predicted molar refractivity (Wildman–Crippen MR) is 133 cm³/mol. The zero-order valence-electron chi connectivity index (χ0n) is 19.1. The van der Waals surface area contributed by atoms with Crippen molar-refractivity contribution in [1.82, 2.24) is 10.2 Å². The number of halogens is 2. The lowest BCUT2D eigenvalue weighted by atomic mass is 10.1. The summed E-state index contributed by atoms with van der Waals surface area (Å²) in [6, 6.07) is 11.0. The molecule has 0 fully saturated rings. The number of carbonyl (C=O) groups is 2. The number of rotatable bonds is 10. The van der Waals surface area contributed by atoms with Crippen LogP contribution in [0.2, 0.25) is 10.0 Å². The summed E-state index contributed by atoms with van der Waals surface area (Å²) in [5.74, 6) is -0.874. The third kappa shape index (κ3) is 7.09. The van der Waals surface area contributed by atoms with Crippen LogP contribution < -0.4 is 9.62 Å². The zero-order chi connectivity index (χ0) is 24.8. The largest absolute Gasteiger partial charge is 0.354 e. The van der Waals surface area contributed by atoms with Gasteiger partial charge in [-0.3, -0.25) is 13.9 Å². The minimum Gasteiger partial charge on any atom is -0.354 e. The SMILES string of the molecule is CCCNC(=O)[C@H](C)N(Cc1ccccc1Cl)C(=O)CN(c1cccc(Cl)c1C)S(C)(=O)=O. The number of carbonyl (C=O) groups excluding carboxylic acids is 2. The molecule has 0 aliphatic rings. The van der Waals surface area contributed by atoms with Crippen LogP contribution in [0.4, 0.5) is 5.69 Å². The molecule has 33 heavy (non-hydrogen) atoms. The number of sulfonamides is 1. The molecule has 2 aromatic carbocycles. The van der Waals surface area contributed by atoms with Gasteiger partial charge < -0.3 is 10.2 Å². The third-order valence-electron chi connectivity index (χ3n) is 5.20. The minimum atomic E-state index is -3.83. The van der Waals surface area contributed by atoms with Crippen LogP contribution in [0.25, 0.3) is 0 Å². The standard InChI is InChI=1S/C23H29Cl2N3O4S/c1-5-13-26-23(30)17(3)27(14-18-9-6-7-10-20(18)25)22(29)15-28(33(4,31)32)21-12-8-11-19(24)16(21)2/h6-12,17H,5,13-15H2,1-4H3,(H,26,30)/t17-/m0/s1. The van der Waals surface area contributed by atoms with Crippen molar-refractivity contribution >= 4 is 50.7 Å². The Labute approximate surface area is 205 Å². The van der Waals surface area contributed by atoms with Crippen LogP contribution in [-0.2, 0) is 26.2 Å². The average molecular weight is 514 g/mol. The molecule has 180 valence electrons. The molecule has 7 nitrogen and oxygen atoms in total. The highest BCUT2D eigenvalue weighted by Gasteiger charge is 2.31. The highest BCUT2D eigenvalue weighted by Crippen LogP contribution is 2.28. The van der Waals surface area contributed by atoms with Gasteiger partial charge in [-0.1, -0.05) is 54.4 Å². The fourth-order valence-corrected chi connectivity index (χ4v) is 4.51. The third-order valence-corrected chi connectivity index (χ3v) is 7.11. The molecule has 0 bridgehead atoms. The maximum Gasteiger partial charge on any atom is 0.244 e. The van der Waals surface area contributed by atoms with Gasteiger partial charge >= 0.3 is 0 Å². The highest BCUT2D eigenvalue weighted by molar-refractivity contribution is 7.92. The number of nitrogens with zero attached hydrogens (tertiary/aromatic N) is 2. The van der Waals surface area contributed by atoms with Crippen LogP contribution in [0, 0.1) is 6.92 Å². The Bertz CT molecular complexity index is 1110. The van der Waals surface area contributed by atoms with Crippen molar-refractivity contribution in [3.63, 3.8) is 0 Å². The first-order valence-corrected chi connectivity index (χ1v) is 13.1. The van der Waals surface area contributed by atoms with Gasteiger partial charge in [-0.15, -0.1) is 0 Å². The Hall–Kier alpha value is -2.29. The van der Waals surface area contributed by atoms with Gasteiger partial charge in [0.25, 0.3) is 0 Å². The van der Waals surface area contributed by atoms with Gasteiger partial charge in [0.2, 0.25) is 21.8 Å². The van der Waals surface area contributed by atoms with Crippen LogP contribution in [0.15, 0.2) is 42.5 Å². The molecule has 0 unspecified atom stereocenters. The van der Waals surface area contributed by atoms with E-state index in [1.54, 1.807) is 56.3 Å². The number of hydrogen-bond acceptors (Lipinski definition) is 4. The summed E-state index contributed by atoms with van der Waals surface area (Å²) in [6.45, 7) is 5.24. The Kier molecular flexibility index (Phi) is 9.57. The lowest BCUT2D eigenvalue weighted by molar-refractivity contribution is -0.139. The summed E-state index contributed by atoms with van der Waals surface area (Å²) in [4.78, 5) is 27.5. The normalized spacial score (nSPS) is 12.2. The lowest BCUT2D eigenvalue weighted by Gasteiger charge is -2.32. The summed E-state index contributed by atoms with van der Waals surface area (Å²) in [7, 11) is -3.83. The second kappa shape index (κ2) is 11.7. The number of hydrogen-bond donors (Lipinski definition) is 1. The van der Waals surface area contributed by atoms with Crippen molar-refractivity contribution in [2.75, 3.05) is 23.7 Å². The van der Waals surface area contributed by atoms with E-state index >= 15 is 0 Å². The summed E-state index contributed by atoms with van der Waals surface area (Å²) in [6.07, 6.45) is 1.77. The van der Waals surface area contributed by atoms with E-state index in [0.717, 1.165) is 17.0 Å². The molecule has 0 saturated carbocycles. The molecular weight excluding hydrogens is 485 g/mol.